The molecule has 0 unspecified atom stereocenters. The Labute approximate surface area is 229 Å². The Morgan fingerprint density at radius 2 is 1.77 bits per heavy atom. The zero-order chi connectivity index (χ0) is 27.3. The SMILES string of the molecule is Cc1nc(Cn2c(=O)c3c(nc(N4CCC[C@@H](N)C4)n3Cc3ccccc3Cl)n(C)c2=O)nc2ccccc12. The zero-order valence-corrected chi connectivity index (χ0v) is 22.6. The number of aromatic nitrogens is 6. The molecule has 0 radical (unpaired) electrons. The first-order chi connectivity index (χ1) is 18.8. The summed E-state index contributed by atoms with van der Waals surface area (Å²) in [7, 11) is 1.63. The molecule has 10 nitrogen and oxygen atoms in total. The fourth-order valence-electron chi connectivity index (χ4n) is 5.39. The van der Waals surface area contributed by atoms with Crippen molar-refractivity contribution in [3.63, 3.8) is 0 Å². The Kier molecular flexibility index (Phi) is 6.44. The second-order valence-corrected chi connectivity index (χ2v) is 10.5. The second-order valence-electron chi connectivity index (χ2n) is 10.1. The molecule has 0 bridgehead atoms. The third-order valence-corrected chi connectivity index (χ3v) is 7.75. The molecule has 39 heavy (non-hydrogen) atoms. The summed E-state index contributed by atoms with van der Waals surface area (Å²) in [6.45, 7) is 3.51. The van der Waals surface area contributed by atoms with E-state index in [-0.39, 0.29) is 12.6 Å². The predicted molar refractivity (Wildman–Crippen MR) is 153 cm³/mol. The Bertz CT molecular complexity index is 1840. The van der Waals surface area contributed by atoms with Gasteiger partial charge in [-0.1, -0.05) is 48.0 Å². The lowest BCUT2D eigenvalue weighted by Crippen LogP contribution is -2.44. The van der Waals surface area contributed by atoms with Crippen molar-refractivity contribution in [3.8, 4) is 0 Å². The quantitative estimate of drug-likeness (QED) is 0.361. The fraction of sp³-hybridized carbons (Fsp3) is 0.321. The monoisotopic (exact) mass is 544 g/mol. The minimum Gasteiger partial charge on any atom is -0.341 e. The third-order valence-electron chi connectivity index (χ3n) is 7.38. The largest absolute Gasteiger partial charge is 0.341 e. The average Bonchev–Trinajstić information content (AvgIpc) is 3.31. The molecule has 1 aliphatic rings. The first-order valence-electron chi connectivity index (χ1n) is 13.0. The van der Waals surface area contributed by atoms with Crippen molar-refractivity contribution >= 4 is 39.6 Å². The molecule has 1 saturated heterocycles. The maximum atomic E-state index is 14.1. The molecule has 0 saturated carbocycles. The molecule has 0 amide bonds. The number of piperidine rings is 1. The van der Waals surface area contributed by atoms with E-state index in [9.17, 15) is 9.59 Å². The lowest BCUT2D eigenvalue weighted by Gasteiger charge is -2.32. The van der Waals surface area contributed by atoms with E-state index in [4.69, 9.17) is 22.3 Å². The number of imidazole rings is 1. The van der Waals surface area contributed by atoms with E-state index in [1.54, 1.807) is 7.05 Å². The Morgan fingerprint density at radius 3 is 2.56 bits per heavy atom. The van der Waals surface area contributed by atoms with Crippen molar-refractivity contribution < 1.29 is 0 Å². The van der Waals surface area contributed by atoms with Crippen LogP contribution in [0, 0.1) is 6.92 Å². The topological polar surface area (TPSA) is 117 Å². The number of hydrogen-bond donors (Lipinski definition) is 1. The number of rotatable bonds is 5. The van der Waals surface area contributed by atoms with E-state index in [2.05, 4.69) is 14.9 Å². The summed E-state index contributed by atoms with van der Waals surface area (Å²) in [5.41, 5.74) is 8.40. The van der Waals surface area contributed by atoms with Gasteiger partial charge >= 0.3 is 5.69 Å². The molecule has 1 fully saturated rings. The highest BCUT2D eigenvalue weighted by Gasteiger charge is 2.27. The van der Waals surface area contributed by atoms with E-state index >= 15 is 0 Å². The Morgan fingerprint density at radius 1 is 1.00 bits per heavy atom. The number of hydrogen-bond acceptors (Lipinski definition) is 7. The number of halogens is 1. The molecule has 5 aromatic rings. The molecule has 200 valence electrons. The minimum absolute atomic E-state index is 0.00101. The maximum Gasteiger partial charge on any atom is 0.332 e. The highest BCUT2D eigenvalue weighted by molar-refractivity contribution is 6.31. The van der Waals surface area contributed by atoms with Crippen molar-refractivity contribution in [1.82, 2.24) is 28.7 Å². The molecular weight excluding hydrogens is 516 g/mol. The van der Waals surface area contributed by atoms with E-state index in [1.807, 2.05) is 60.0 Å². The Balaban J connectivity index is 1.55. The first kappa shape index (κ1) is 25.3. The summed E-state index contributed by atoms with van der Waals surface area (Å²) in [5.74, 6) is 0.992. The van der Waals surface area contributed by atoms with Gasteiger partial charge in [-0.25, -0.2) is 14.8 Å². The molecule has 4 heterocycles. The van der Waals surface area contributed by atoms with Gasteiger partial charge in [0.1, 0.15) is 5.82 Å². The van der Waals surface area contributed by atoms with Crippen LogP contribution >= 0.6 is 11.6 Å². The molecule has 0 spiro atoms. The second kappa shape index (κ2) is 9.94. The van der Waals surface area contributed by atoms with Crippen molar-refractivity contribution in [3.05, 3.63) is 91.5 Å². The molecular formula is C28H29ClN8O2. The van der Waals surface area contributed by atoms with Gasteiger partial charge in [-0.2, -0.15) is 4.98 Å². The van der Waals surface area contributed by atoms with Crippen LogP contribution in [0.4, 0.5) is 5.95 Å². The van der Waals surface area contributed by atoms with Gasteiger partial charge in [0.15, 0.2) is 11.2 Å². The summed E-state index contributed by atoms with van der Waals surface area (Å²) in [5, 5.41) is 1.52. The van der Waals surface area contributed by atoms with Crippen LogP contribution in [0.5, 0.6) is 0 Å². The summed E-state index contributed by atoms with van der Waals surface area (Å²) in [6.07, 6.45) is 1.84. The van der Waals surface area contributed by atoms with Gasteiger partial charge in [0.05, 0.1) is 18.6 Å². The van der Waals surface area contributed by atoms with E-state index < -0.39 is 11.2 Å². The number of benzene rings is 2. The number of nitrogens with zero attached hydrogens (tertiary/aromatic N) is 7. The summed E-state index contributed by atoms with van der Waals surface area (Å²) in [4.78, 5) is 43.7. The number of nitrogens with two attached hydrogens (primary N) is 1. The van der Waals surface area contributed by atoms with Crippen LogP contribution in [0.25, 0.3) is 22.1 Å². The average molecular weight is 545 g/mol. The van der Waals surface area contributed by atoms with Crippen LogP contribution in [0.3, 0.4) is 0 Å². The standard InChI is InChI=1S/C28H29ClN8O2/c1-17-20-10-4-6-12-22(20)32-23(31-17)16-37-26(38)24-25(34(2)28(37)39)33-27(35-13-7-9-19(30)15-35)36(24)14-18-8-3-5-11-21(18)29/h3-6,8,10-12,19H,7,9,13-16,30H2,1-2H3/t19-/m1/s1. The Hall–Kier alpha value is -4.02. The van der Waals surface area contributed by atoms with Gasteiger partial charge < -0.3 is 10.6 Å². The van der Waals surface area contributed by atoms with Crippen molar-refractivity contribution in [2.75, 3.05) is 18.0 Å². The molecule has 11 heteroatoms. The molecule has 6 rings (SSSR count). The van der Waals surface area contributed by atoms with E-state index in [0.717, 1.165) is 41.5 Å². The number of fused-ring (bicyclic) bond motifs is 2. The maximum absolute atomic E-state index is 14.1. The lowest BCUT2D eigenvalue weighted by molar-refractivity contribution is 0.495. The van der Waals surface area contributed by atoms with Crippen molar-refractivity contribution in [1.29, 1.82) is 0 Å². The molecule has 2 N–H and O–H groups in total. The molecule has 0 aliphatic carbocycles. The zero-order valence-electron chi connectivity index (χ0n) is 21.8. The number of para-hydroxylation sites is 1. The number of aryl methyl sites for hydroxylation is 2. The van der Waals surface area contributed by atoms with Crippen LogP contribution < -0.4 is 21.9 Å². The summed E-state index contributed by atoms with van der Waals surface area (Å²) >= 11 is 6.53. The van der Waals surface area contributed by atoms with Crippen molar-refractivity contribution in [2.45, 2.75) is 38.9 Å². The third kappa shape index (κ3) is 4.49. The van der Waals surface area contributed by atoms with Gasteiger partial charge in [0.25, 0.3) is 5.56 Å². The molecule has 1 aliphatic heterocycles. The van der Waals surface area contributed by atoms with Crippen LogP contribution in [0.1, 0.15) is 29.9 Å². The fourth-order valence-corrected chi connectivity index (χ4v) is 5.58. The minimum atomic E-state index is -0.480. The van der Waals surface area contributed by atoms with Gasteiger partial charge in [-0.15, -0.1) is 0 Å². The van der Waals surface area contributed by atoms with Crippen molar-refractivity contribution in [2.24, 2.45) is 12.8 Å². The smallest absolute Gasteiger partial charge is 0.332 e. The summed E-state index contributed by atoms with van der Waals surface area (Å²) in [6, 6.07) is 15.2. The van der Waals surface area contributed by atoms with Crippen LogP contribution in [-0.4, -0.2) is 47.8 Å². The van der Waals surface area contributed by atoms with Crippen LogP contribution in [0.15, 0.2) is 58.1 Å². The summed E-state index contributed by atoms with van der Waals surface area (Å²) < 4.78 is 4.46. The number of anilines is 1. The van der Waals surface area contributed by atoms with E-state index in [0.29, 0.717) is 41.0 Å². The van der Waals surface area contributed by atoms with Gasteiger partial charge in [0.2, 0.25) is 5.95 Å². The lowest BCUT2D eigenvalue weighted by atomic mass is 10.1. The first-order valence-corrected chi connectivity index (χ1v) is 13.4. The molecule has 1 atom stereocenters. The van der Waals surface area contributed by atoms with E-state index in [1.165, 1.54) is 9.13 Å². The molecule has 2 aromatic carbocycles. The van der Waals surface area contributed by atoms with Crippen LogP contribution in [0.2, 0.25) is 5.02 Å². The van der Waals surface area contributed by atoms with Gasteiger partial charge in [0, 0.05) is 42.3 Å². The predicted octanol–water partition coefficient (Wildman–Crippen LogP) is 2.83. The van der Waals surface area contributed by atoms with Gasteiger partial charge in [-0.05, 0) is 37.5 Å². The van der Waals surface area contributed by atoms with Crippen LogP contribution in [-0.2, 0) is 20.1 Å². The normalized spacial score (nSPS) is 15.9. The highest BCUT2D eigenvalue weighted by atomic mass is 35.5. The highest BCUT2D eigenvalue weighted by Crippen LogP contribution is 2.26. The molecule has 3 aromatic heterocycles. The van der Waals surface area contributed by atoms with Gasteiger partial charge in [-0.3, -0.25) is 18.5 Å².